The van der Waals surface area contributed by atoms with Crippen molar-refractivity contribution in [2.45, 2.75) is 13.3 Å². The average molecular weight is 272 g/mol. The smallest absolute Gasteiger partial charge is 0.250 e. The van der Waals surface area contributed by atoms with Crippen molar-refractivity contribution in [3.63, 3.8) is 0 Å². The van der Waals surface area contributed by atoms with Gasteiger partial charge in [-0.3, -0.25) is 4.79 Å². The van der Waals surface area contributed by atoms with Gasteiger partial charge < -0.3 is 19.5 Å². The number of rotatable bonds is 5. The van der Waals surface area contributed by atoms with Gasteiger partial charge in [-0.25, -0.2) is 0 Å². The maximum atomic E-state index is 11.6. The van der Waals surface area contributed by atoms with E-state index in [4.69, 9.17) is 25.8 Å². The number of nitrogens with one attached hydrogen (secondary N) is 1. The Hall–Kier alpha value is -1.46. The number of halogens is 1. The molecular weight excluding hydrogens is 258 g/mol. The standard InChI is InChI=1S/C12H14ClNO4/c1-2-3-16-6-12(15)14-9-5-11-10(4-8(9)13)17-7-18-11/h4-5H,2-3,6-7H2,1H3,(H,14,15). The number of carbonyl (C=O) groups excluding carboxylic acids is 1. The molecular formula is C12H14ClNO4. The van der Waals surface area contributed by atoms with E-state index in [1.807, 2.05) is 6.92 Å². The highest BCUT2D eigenvalue weighted by atomic mass is 35.5. The predicted molar refractivity (Wildman–Crippen MR) is 67.3 cm³/mol. The van der Waals surface area contributed by atoms with E-state index in [2.05, 4.69) is 5.32 Å². The minimum absolute atomic E-state index is 0.0125. The van der Waals surface area contributed by atoms with Crippen molar-refractivity contribution in [1.82, 2.24) is 0 Å². The predicted octanol–water partition coefficient (Wildman–Crippen LogP) is 2.43. The van der Waals surface area contributed by atoms with Crippen LogP contribution in [0.3, 0.4) is 0 Å². The lowest BCUT2D eigenvalue weighted by Gasteiger charge is -2.08. The zero-order chi connectivity index (χ0) is 13.0. The van der Waals surface area contributed by atoms with Gasteiger partial charge in [0.2, 0.25) is 12.7 Å². The molecule has 98 valence electrons. The summed E-state index contributed by atoms with van der Waals surface area (Å²) in [4.78, 5) is 11.6. The Morgan fingerprint density at radius 2 is 2.17 bits per heavy atom. The average Bonchev–Trinajstić information content (AvgIpc) is 2.77. The highest BCUT2D eigenvalue weighted by molar-refractivity contribution is 6.34. The van der Waals surface area contributed by atoms with E-state index in [1.165, 1.54) is 0 Å². The van der Waals surface area contributed by atoms with Gasteiger partial charge in [0.15, 0.2) is 11.5 Å². The van der Waals surface area contributed by atoms with E-state index in [0.717, 1.165) is 6.42 Å². The van der Waals surface area contributed by atoms with Crippen molar-refractivity contribution in [2.75, 3.05) is 25.3 Å². The molecule has 1 amide bonds. The SMILES string of the molecule is CCCOCC(=O)Nc1cc2c(cc1Cl)OCO2. The first kappa shape index (κ1) is 13.0. The molecule has 1 heterocycles. The van der Waals surface area contributed by atoms with Crippen LogP contribution in [0, 0.1) is 0 Å². The number of hydrogen-bond donors (Lipinski definition) is 1. The molecule has 0 bridgehead atoms. The minimum Gasteiger partial charge on any atom is -0.454 e. The van der Waals surface area contributed by atoms with Crippen LogP contribution in [0.4, 0.5) is 5.69 Å². The van der Waals surface area contributed by atoms with Gasteiger partial charge in [-0.15, -0.1) is 0 Å². The first-order valence-corrected chi connectivity index (χ1v) is 6.05. The second-order valence-electron chi connectivity index (χ2n) is 3.79. The van der Waals surface area contributed by atoms with Gasteiger partial charge in [0.05, 0.1) is 10.7 Å². The van der Waals surface area contributed by atoms with Gasteiger partial charge >= 0.3 is 0 Å². The van der Waals surface area contributed by atoms with Crippen LogP contribution in [0.1, 0.15) is 13.3 Å². The van der Waals surface area contributed by atoms with Gasteiger partial charge in [0, 0.05) is 18.7 Å². The number of hydrogen-bond acceptors (Lipinski definition) is 4. The Morgan fingerprint density at radius 3 is 2.89 bits per heavy atom. The summed E-state index contributed by atoms with van der Waals surface area (Å²) in [5.41, 5.74) is 0.492. The van der Waals surface area contributed by atoms with Crippen molar-refractivity contribution >= 4 is 23.2 Å². The molecule has 0 saturated heterocycles. The lowest BCUT2D eigenvalue weighted by molar-refractivity contribution is -0.120. The molecule has 1 aliphatic heterocycles. The zero-order valence-electron chi connectivity index (χ0n) is 9.99. The second kappa shape index (κ2) is 5.93. The van der Waals surface area contributed by atoms with Crippen LogP contribution in [-0.2, 0) is 9.53 Å². The topological polar surface area (TPSA) is 56.8 Å². The van der Waals surface area contributed by atoms with E-state index >= 15 is 0 Å². The van der Waals surface area contributed by atoms with Crippen molar-refractivity contribution in [3.05, 3.63) is 17.2 Å². The van der Waals surface area contributed by atoms with Crippen LogP contribution in [0.25, 0.3) is 0 Å². The monoisotopic (exact) mass is 271 g/mol. The largest absolute Gasteiger partial charge is 0.454 e. The number of amides is 1. The van der Waals surface area contributed by atoms with Crippen molar-refractivity contribution < 1.29 is 19.0 Å². The molecule has 0 atom stereocenters. The first-order chi connectivity index (χ1) is 8.70. The third kappa shape index (κ3) is 3.05. The van der Waals surface area contributed by atoms with E-state index in [0.29, 0.717) is 28.8 Å². The Kier molecular flexibility index (Phi) is 4.28. The zero-order valence-corrected chi connectivity index (χ0v) is 10.8. The molecule has 0 spiro atoms. The maximum Gasteiger partial charge on any atom is 0.250 e. The Balaban J connectivity index is 1.99. The summed E-state index contributed by atoms with van der Waals surface area (Å²) in [6.07, 6.45) is 0.873. The van der Waals surface area contributed by atoms with E-state index in [-0.39, 0.29) is 19.3 Å². The summed E-state index contributed by atoms with van der Waals surface area (Å²) >= 11 is 6.02. The molecule has 1 aromatic carbocycles. The molecule has 5 nitrogen and oxygen atoms in total. The summed E-state index contributed by atoms with van der Waals surface area (Å²) in [5, 5.41) is 3.07. The van der Waals surface area contributed by atoms with Crippen molar-refractivity contribution in [2.24, 2.45) is 0 Å². The van der Waals surface area contributed by atoms with Crippen LogP contribution in [-0.4, -0.2) is 25.9 Å². The van der Waals surface area contributed by atoms with Crippen molar-refractivity contribution in [3.8, 4) is 11.5 Å². The van der Waals surface area contributed by atoms with Crippen molar-refractivity contribution in [1.29, 1.82) is 0 Å². The third-order valence-electron chi connectivity index (χ3n) is 2.32. The fraction of sp³-hybridized carbons (Fsp3) is 0.417. The molecule has 2 rings (SSSR count). The molecule has 0 saturated carbocycles. The van der Waals surface area contributed by atoms with E-state index in [9.17, 15) is 4.79 Å². The number of anilines is 1. The van der Waals surface area contributed by atoms with Gasteiger partial charge in [-0.2, -0.15) is 0 Å². The summed E-state index contributed by atoms with van der Waals surface area (Å²) in [6, 6.07) is 3.26. The molecule has 18 heavy (non-hydrogen) atoms. The molecule has 0 radical (unpaired) electrons. The molecule has 0 fully saturated rings. The first-order valence-electron chi connectivity index (χ1n) is 5.67. The van der Waals surface area contributed by atoms with E-state index in [1.54, 1.807) is 12.1 Å². The number of fused-ring (bicyclic) bond motifs is 1. The lowest BCUT2D eigenvalue weighted by atomic mass is 10.2. The van der Waals surface area contributed by atoms with E-state index < -0.39 is 0 Å². The molecule has 1 N–H and O–H groups in total. The molecule has 6 heteroatoms. The summed E-state index contributed by atoms with van der Waals surface area (Å²) in [5.74, 6) is 0.911. The third-order valence-corrected chi connectivity index (χ3v) is 2.63. The van der Waals surface area contributed by atoms with Crippen LogP contribution in [0.2, 0.25) is 5.02 Å². The Bertz CT molecular complexity index is 450. The molecule has 1 aromatic rings. The Morgan fingerprint density at radius 1 is 1.44 bits per heavy atom. The summed E-state index contributed by atoms with van der Waals surface area (Å²) in [6.45, 7) is 2.72. The molecule has 0 aliphatic carbocycles. The summed E-state index contributed by atoms with van der Waals surface area (Å²) < 4.78 is 15.5. The molecule has 0 unspecified atom stereocenters. The second-order valence-corrected chi connectivity index (χ2v) is 4.19. The Labute approximate surface area is 110 Å². The molecule has 0 aromatic heterocycles. The lowest BCUT2D eigenvalue weighted by Crippen LogP contribution is -2.18. The minimum atomic E-state index is -0.246. The number of ether oxygens (including phenoxy) is 3. The molecule has 1 aliphatic rings. The van der Waals surface area contributed by atoms with Gasteiger partial charge in [0.1, 0.15) is 6.61 Å². The fourth-order valence-electron chi connectivity index (χ4n) is 1.51. The number of carbonyl (C=O) groups is 1. The van der Waals surface area contributed by atoms with Gasteiger partial charge in [0.25, 0.3) is 0 Å². The van der Waals surface area contributed by atoms with Gasteiger partial charge in [-0.1, -0.05) is 18.5 Å². The normalized spacial score (nSPS) is 12.6. The highest BCUT2D eigenvalue weighted by Gasteiger charge is 2.17. The quantitative estimate of drug-likeness (QED) is 0.836. The fourth-order valence-corrected chi connectivity index (χ4v) is 1.71. The van der Waals surface area contributed by atoms with Crippen LogP contribution in [0.5, 0.6) is 11.5 Å². The highest BCUT2D eigenvalue weighted by Crippen LogP contribution is 2.39. The van der Waals surface area contributed by atoms with Gasteiger partial charge in [-0.05, 0) is 6.42 Å². The number of benzene rings is 1. The summed E-state index contributed by atoms with van der Waals surface area (Å²) in [7, 11) is 0. The van der Waals surface area contributed by atoms with Crippen LogP contribution < -0.4 is 14.8 Å². The van der Waals surface area contributed by atoms with Crippen LogP contribution >= 0.6 is 11.6 Å². The maximum absolute atomic E-state index is 11.6. The van der Waals surface area contributed by atoms with Crippen LogP contribution in [0.15, 0.2) is 12.1 Å².